The van der Waals surface area contributed by atoms with Crippen LogP contribution in [-0.4, -0.2) is 63.3 Å². The summed E-state index contributed by atoms with van der Waals surface area (Å²) in [5, 5.41) is 12.8. The van der Waals surface area contributed by atoms with Crippen LogP contribution >= 0.6 is 0 Å². The largest absolute Gasteiger partial charge is 0.496 e. The Kier molecular flexibility index (Phi) is 7.34. The van der Waals surface area contributed by atoms with Crippen LogP contribution in [0.5, 0.6) is 5.75 Å². The number of aromatic nitrogens is 4. The molecular formula is C28H31FN6O. The van der Waals surface area contributed by atoms with Gasteiger partial charge >= 0.3 is 0 Å². The number of hydrogen-bond acceptors (Lipinski definition) is 6. The zero-order valence-corrected chi connectivity index (χ0v) is 20.7. The molecule has 1 aliphatic rings. The molecule has 0 radical (unpaired) electrons. The van der Waals surface area contributed by atoms with Crippen LogP contribution in [0.25, 0.3) is 0 Å². The maximum atomic E-state index is 13.4. The van der Waals surface area contributed by atoms with Gasteiger partial charge in [-0.05, 0) is 46.7 Å². The monoisotopic (exact) mass is 486 g/mol. The van der Waals surface area contributed by atoms with Crippen LogP contribution in [0, 0.1) is 12.7 Å². The van der Waals surface area contributed by atoms with Gasteiger partial charge in [-0.2, -0.15) is 0 Å². The van der Waals surface area contributed by atoms with Crippen LogP contribution in [0.1, 0.15) is 34.1 Å². The van der Waals surface area contributed by atoms with E-state index in [2.05, 4.69) is 68.6 Å². The van der Waals surface area contributed by atoms with E-state index in [9.17, 15) is 4.39 Å². The summed E-state index contributed by atoms with van der Waals surface area (Å²) >= 11 is 0. The molecule has 0 bridgehead atoms. The first-order chi connectivity index (χ1) is 17.6. The maximum Gasteiger partial charge on any atom is 0.173 e. The van der Waals surface area contributed by atoms with E-state index in [0.29, 0.717) is 6.54 Å². The second-order valence-corrected chi connectivity index (χ2v) is 9.26. The van der Waals surface area contributed by atoms with Crippen molar-refractivity contribution in [2.75, 3.05) is 33.3 Å². The SMILES string of the molecule is COc1ccccc1CN1CCN(C(c2ccc(C)cc2)c2nnnn2Cc2ccc(F)cc2)CC1. The molecule has 0 saturated carbocycles. The molecule has 4 aromatic rings. The topological polar surface area (TPSA) is 59.3 Å². The molecule has 1 atom stereocenters. The van der Waals surface area contributed by atoms with Crippen LogP contribution < -0.4 is 4.74 Å². The van der Waals surface area contributed by atoms with Gasteiger partial charge in [0, 0.05) is 38.3 Å². The molecule has 2 heterocycles. The summed E-state index contributed by atoms with van der Waals surface area (Å²) in [6, 6.07) is 23.2. The second kappa shape index (κ2) is 11.0. The van der Waals surface area contributed by atoms with Gasteiger partial charge in [0.25, 0.3) is 0 Å². The van der Waals surface area contributed by atoms with Crippen molar-refractivity contribution in [2.24, 2.45) is 0 Å². The van der Waals surface area contributed by atoms with E-state index in [-0.39, 0.29) is 11.9 Å². The zero-order valence-electron chi connectivity index (χ0n) is 20.7. The number of methoxy groups -OCH3 is 1. The van der Waals surface area contributed by atoms with Crippen molar-refractivity contribution in [1.29, 1.82) is 0 Å². The summed E-state index contributed by atoms with van der Waals surface area (Å²) in [7, 11) is 1.72. The highest BCUT2D eigenvalue weighted by Crippen LogP contribution is 2.29. The number of benzene rings is 3. The molecule has 7 nitrogen and oxygen atoms in total. The number of tetrazole rings is 1. The van der Waals surface area contributed by atoms with E-state index >= 15 is 0 Å². The van der Waals surface area contributed by atoms with Crippen molar-refractivity contribution in [1.82, 2.24) is 30.0 Å². The third kappa shape index (κ3) is 5.45. The number of nitrogens with zero attached hydrogens (tertiary/aromatic N) is 6. The van der Waals surface area contributed by atoms with Crippen LogP contribution in [0.3, 0.4) is 0 Å². The molecule has 0 spiro atoms. The summed E-state index contributed by atoms with van der Waals surface area (Å²) in [6.45, 7) is 7.07. The molecule has 1 fully saturated rings. The Morgan fingerprint density at radius 2 is 1.61 bits per heavy atom. The molecule has 0 aliphatic carbocycles. The molecule has 36 heavy (non-hydrogen) atoms. The van der Waals surface area contributed by atoms with Gasteiger partial charge in [0.15, 0.2) is 5.82 Å². The highest BCUT2D eigenvalue weighted by molar-refractivity contribution is 5.33. The van der Waals surface area contributed by atoms with Crippen LogP contribution in [0.4, 0.5) is 4.39 Å². The predicted octanol–water partition coefficient (Wildman–Crippen LogP) is 4.08. The van der Waals surface area contributed by atoms with E-state index in [1.54, 1.807) is 19.2 Å². The average Bonchev–Trinajstić information content (AvgIpc) is 3.35. The highest BCUT2D eigenvalue weighted by Gasteiger charge is 2.30. The van der Waals surface area contributed by atoms with Crippen molar-refractivity contribution in [3.8, 4) is 5.75 Å². The standard InChI is InChI=1S/C28H31FN6O/c1-21-7-11-23(12-8-21)27(28-30-31-32-35(28)19-22-9-13-25(29)14-10-22)34-17-15-33(16-18-34)20-24-5-3-4-6-26(24)36-2/h3-14,27H,15-20H2,1-2H3. The fraction of sp³-hybridized carbons (Fsp3) is 0.321. The van der Waals surface area contributed by atoms with E-state index in [1.165, 1.54) is 23.3 Å². The number of rotatable bonds is 8. The third-order valence-electron chi connectivity index (χ3n) is 6.80. The van der Waals surface area contributed by atoms with Crippen LogP contribution in [0.15, 0.2) is 72.8 Å². The number of ether oxygens (including phenoxy) is 1. The average molecular weight is 487 g/mol. The molecular weight excluding hydrogens is 455 g/mol. The first-order valence-corrected chi connectivity index (χ1v) is 12.3. The number of piperazine rings is 1. The molecule has 3 aromatic carbocycles. The smallest absolute Gasteiger partial charge is 0.173 e. The summed E-state index contributed by atoms with van der Waals surface area (Å²) in [5.74, 6) is 1.47. The Balaban J connectivity index is 1.37. The van der Waals surface area contributed by atoms with Crippen LogP contribution in [-0.2, 0) is 13.1 Å². The summed E-state index contributed by atoms with van der Waals surface area (Å²) in [5.41, 5.74) is 4.53. The van der Waals surface area contributed by atoms with Crippen LogP contribution in [0.2, 0.25) is 0 Å². The summed E-state index contributed by atoms with van der Waals surface area (Å²) in [6.07, 6.45) is 0. The number of halogens is 1. The van der Waals surface area contributed by atoms with E-state index in [4.69, 9.17) is 4.74 Å². The van der Waals surface area contributed by atoms with Gasteiger partial charge in [-0.15, -0.1) is 5.10 Å². The molecule has 1 saturated heterocycles. The molecule has 5 rings (SSSR count). The molecule has 186 valence electrons. The van der Waals surface area contributed by atoms with Gasteiger partial charge in [-0.1, -0.05) is 60.2 Å². The lowest BCUT2D eigenvalue weighted by Crippen LogP contribution is -2.48. The number of aryl methyl sites for hydroxylation is 1. The Labute approximate surface area is 211 Å². The number of para-hydroxylation sites is 1. The van der Waals surface area contributed by atoms with Gasteiger partial charge in [0.1, 0.15) is 11.6 Å². The first-order valence-electron chi connectivity index (χ1n) is 12.3. The maximum absolute atomic E-state index is 13.4. The van der Waals surface area contributed by atoms with Gasteiger partial charge in [0.2, 0.25) is 0 Å². The Morgan fingerprint density at radius 3 is 2.33 bits per heavy atom. The lowest BCUT2D eigenvalue weighted by atomic mass is 10.0. The van der Waals surface area contributed by atoms with E-state index in [0.717, 1.165) is 55.4 Å². The Hall–Kier alpha value is -3.62. The quantitative estimate of drug-likeness (QED) is 0.374. The number of hydrogen-bond donors (Lipinski definition) is 0. The summed E-state index contributed by atoms with van der Waals surface area (Å²) in [4.78, 5) is 4.91. The van der Waals surface area contributed by atoms with Gasteiger partial charge in [-0.3, -0.25) is 9.80 Å². The molecule has 0 amide bonds. The summed E-state index contributed by atoms with van der Waals surface area (Å²) < 4.78 is 20.8. The third-order valence-corrected chi connectivity index (χ3v) is 6.80. The molecule has 8 heteroatoms. The molecule has 1 unspecified atom stereocenters. The van der Waals surface area contributed by atoms with Crippen molar-refractivity contribution < 1.29 is 9.13 Å². The highest BCUT2D eigenvalue weighted by atomic mass is 19.1. The van der Waals surface area contributed by atoms with E-state index in [1.807, 2.05) is 16.8 Å². The molecule has 0 N–H and O–H groups in total. The van der Waals surface area contributed by atoms with Crippen molar-refractivity contribution in [2.45, 2.75) is 26.1 Å². The normalized spacial score (nSPS) is 15.6. The minimum atomic E-state index is -0.251. The van der Waals surface area contributed by atoms with Gasteiger partial charge in [0.05, 0.1) is 19.7 Å². The predicted molar refractivity (Wildman–Crippen MR) is 136 cm³/mol. The lowest BCUT2D eigenvalue weighted by Gasteiger charge is -2.39. The minimum absolute atomic E-state index is 0.0746. The fourth-order valence-corrected chi connectivity index (χ4v) is 4.81. The fourth-order valence-electron chi connectivity index (χ4n) is 4.81. The van der Waals surface area contributed by atoms with Crippen molar-refractivity contribution in [3.63, 3.8) is 0 Å². The Morgan fingerprint density at radius 1 is 0.889 bits per heavy atom. The lowest BCUT2D eigenvalue weighted by molar-refractivity contribution is 0.0997. The van der Waals surface area contributed by atoms with Gasteiger partial charge < -0.3 is 4.74 Å². The van der Waals surface area contributed by atoms with Gasteiger partial charge in [-0.25, -0.2) is 9.07 Å². The minimum Gasteiger partial charge on any atom is -0.496 e. The van der Waals surface area contributed by atoms with Crippen molar-refractivity contribution >= 4 is 0 Å². The Bertz CT molecular complexity index is 1270. The van der Waals surface area contributed by atoms with Crippen molar-refractivity contribution in [3.05, 3.63) is 107 Å². The molecule has 1 aromatic heterocycles. The second-order valence-electron chi connectivity index (χ2n) is 9.26. The molecule has 1 aliphatic heterocycles. The first kappa shape index (κ1) is 24.1. The zero-order chi connectivity index (χ0) is 24.9. The van der Waals surface area contributed by atoms with E-state index < -0.39 is 0 Å².